The fourth-order valence-electron chi connectivity index (χ4n) is 1.56. The van der Waals surface area contributed by atoms with Crippen LogP contribution in [0, 0.1) is 0 Å². The van der Waals surface area contributed by atoms with E-state index in [-0.39, 0.29) is 5.97 Å². The van der Waals surface area contributed by atoms with Gasteiger partial charge in [0.25, 0.3) is 0 Å². The van der Waals surface area contributed by atoms with Gasteiger partial charge in [0.1, 0.15) is 4.88 Å². The van der Waals surface area contributed by atoms with E-state index in [1.165, 1.54) is 37.0 Å². The molecule has 88 valence electrons. The zero-order valence-corrected chi connectivity index (χ0v) is 10.7. The maximum absolute atomic E-state index is 11.2. The molecule has 1 atom stereocenters. The number of carbonyl (C=O) groups excluding carboxylic acids is 1. The number of hydrogen-bond acceptors (Lipinski definition) is 6. The minimum atomic E-state index is -0.316. The van der Waals surface area contributed by atoms with Crippen LogP contribution in [-0.2, 0) is 4.74 Å². The van der Waals surface area contributed by atoms with Gasteiger partial charge in [-0.05, 0) is 18.6 Å². The number of aromatic nitrogens is 1. The number of nitrogens with zero attached hydrogens (tertiary/aromatic N) is 1. The highest BCUT2D eigenvalue weighted by Crippen LogP contribution is 2.24. The van der Waals surface area contributed by atoms with Crippen LogP contribution in [0.15, 0.2) is 6.20 Å². The van der Waals surface area contributed by atoms with Gasteiger partial charge in [-0.3, -0.25) is 0 Å². The Kier molecular flexibility index (Phi) is 4.06. The topological polar surface area (TPSA) is 51.2 Å². The Bertz CT molecular complexity index is 361. The molecule has 16 heavy (non-hydrogen) atoms. The largest absolute Gasteiger partial charge is 0.465 e. The summed E-state index contributed by atoms with van der Waals surface area (Å²) in [5.41, 5.74) is 0. The van der Waals surface area contributed by atoms with Crippen molar-refractivity contribution in [1.82, 2.24) is 4.98 Å². The van der Waals surface area contributed by atoms with Gasteiger partial charge in [-0.1, -0.05) is 11.3 Å². The number of ether oxygens (including phenoxy) is 1. The minimum Gasteiger partial charge on any atom is -0.465 e. The average Bonchev–Trinajstić information content (AvgIpc) is 2.78. The summed E-state index contributed by atoms with van der Waals surface area (Å²) in [5.74, 6) is 2.06. The summed E-state index contributed by atoms with van der Waals surface area (Å²) < 4.78 is 4.64. The van der Waals surface area contributed by atoms with E-state index in [9.17, 15) is 4.79 Å². The van der Waals surface area contributed by atoms with Gasteiger partial charge in [0, 0.05) is 11.8 Å². The lowest BCUT2D eigenvalue weighted by Crippen LogP contribution is -2.25. The molecule has 1 aromatic rings. The van der Waals surface area contributed by atoms with Crippen LogP contribution in [0.4, 0.5) is 5.13 Å². The first-order chi connectivity index (χ1) is 7.79. The molecule has 2 heterocycles. The minimum absolute atomic E-state index is 0.316. The molecule has 1 saturated heterocycles. The SMILES string of the molecule is COC(=O)c1cnc(NC2CCCSC2)s1. The standard InChI is InChI=1S/C10H14N2O2S2/c1-14-9(13)8-5-11-10(16-8)12-7-3-2-4-15-6-7/h5,7H,2-4,6H2,1H3,(H,11,12). The Morgan fingerprint density at radius 1 is 1.69 bits per heavy atom. The van der Waals surface area contributed by atoms with Crippen molar-refractivity contribution in [2.75, 3.05) is 23.9 Å². The van der Waals surface area contributed by atoms with Crippen molar-refractivity contribution in [3.05, 3.63) is 11.1 Å². The lowest BCUT2D eigenvalue weighted by molar-refractivity contribution is 0.0606. The van der Waals surface area contributed by atoms with Gasteiger partial charge in [0.15, 0.2) is 5.13 Å². The van der Waals surface area contributed by atoms with Crippen LogP contribution in [0.1, 0.15) is 22.5 Å². The zero-order valence-electron chi connectivity index (χ0n) is 9.06. The number of nitrogens with one attached hydrogen (secondary N) is 1. The molecule has 0 aromatic carbocycles. The fraction of sp³-hybridized carbons (Fsp3) is 0.600. The van der Waals surface area contributed by atoms with E-state index < -0.39 is 0 Å². The number of anilines is 1. The molecule has 1 fully saturated rings. The smallest absolute Gasteiger partial charge is 0.349 e. The summed E-state index contributed by atoms with van der Waals surface area (Å²) in [6, 6.07) is 0.482. The quantitative estimate of drug-likeness (QED) is 0.843. The van der Waals surface area contributed by atoms with Crippen molar-refractivity contribution in [2.24, 2.45) is 0 Å². The highest BCUT2D eigenvalue weighted by Gasteiger charge is 2.16. The second-order valence-corrected chi connectivity index (χ2v) is 5.76. The zero-order chi connectivity index (χ0) is 11.4. The number of esters is 1. The third-order valence-electron chi connectivity index (χ3n) is 2.38. The molecule has 0 amide bonds. The van der Waals surface area contributed by atoms with Crippen molar-refractivity contribution >= 4 is 34.2 Å². The first-order valence-corrected chi connectivity index (χ1v) is 7.15. The molecule has 1 aliphatic rings. The van der Waals surface area contributed by atoms with Gasteiger partial charge in [-0.25, -0.2) is 9.78 Å². The third kappa shape index (κ3) is 2.89. The Balaban J connectivity index is 1.94. The first-order valence-electron chi connectivity index (χ1n) is 5.18. The first kappa shape index (κ1) is 11.7. The summed E-state index contributed by atoms with van der Waals surface area (Å²) in [5, 5.41) is 4.17. The molecule has 0 saturated carbocycles. The van der Waals surface area contributed by atoms with Crippen molar-refractivity contribution in [1.29, 1.82) is 0 Å². The van der Waals surface area contributed by atoms with E-state index >= 15 is 0 Å². The van der Waals surface area contributed by atoms with Crippen LogP contribution in [0.5, 0.6) is 0 Å². The predicted molar refractivity (Wildman–Crippen MR) is 67.4 cm³/mol. The highest BCUT2D eigenvalue weighted by molar-refractivity contribution is 7.99. The van der Waals surface area contributed by atoms with E-state index in [1.807, 2.05) is 11.8 Å². The number of thiazole rings is 1. The summed E-state index contributed by atoms with van der Waals surface area (Å²) >= 11 is 3.32. The number of carbonyl (C=O) groups is 1. The second-order valence-electron chi connectivity index (χ2n) is 3.58. The van der Waals surface area contributed by atoms with Crippen LogP contribution in [0.2, 0.25) is 0 Å². The van der Waals surface area contributed by atoms with Gasteiger partial charge in [0.05, 0.1) is 13.3 Å². The molecule has 0 aliphatic carbocycles. The van der Waals surface area contributed by atoms with E-state index in [0.717, 1.165) is 10.9 Å². The van der Waals surface area contributed by atoms with Crippen molar-refractivity contribution < 1.29 is 9.53 Å². The highest BCUT2D eigenvalue weighted by atomic mass is 32.2. The molecule has 4 nitrogen and oxygen atoms in total. The van der Waals surface area contributed by atoms with E-state index in [2.05, 4.69) is 15.0 Å². The summed E-state index contributed by atoms with van der Waals surface area (Å²) in [4.78, 5) is 16.0. The Morgan fingerprint density at radius 2 is 2.56 bits per heavy atom. The summed E-state index contributed by atoms with van der Waals surface area (Å²) in [7, 11) is 1.38. The Hall–Kier alpha value is -0.750. The van der Waals surface area contributed by atoms with E-state index in [1.54, 1.807) is 6.20 Å². The molecule has 1 aliphatic heterocycles. The summed E-state index contributed by atoms with van der Waals surface area (Å²) in [6.07, 6.45) is 3.99. The molecule has 1 N–H and O–H groups in total. The van der Waals surface area contributed by atoms with Crippen molar-refractivity contribution in [3.63, 3.8) is 0 Å². The maximum Gasteiger partial charge on any atom is 0.349 e. The monoisotopic (exact) mass is 258 g/mol. The van der Waals surface area contributed by atoms with Crippen LogP contribution in [0.25, 0.3) is 0 Å². The molecule has 1 unspecified atom stereocenters. The van der Waals surface area contributed by atoms with Gasteiger partial charge in [0.2, 0.25) is 0 Å². The van der Waals surface area contributed by atoms with Crippen LogP contribution >= 0.6 is 23.1 Å². The fourth-order valence-corrected chi connectivity index (χ4v) is 3.45. The predicted octanol–water partition coefficient (Wildman–Crippen LogP) is 2.24. The van der Waals surface area contributed by atoms with E-state index in [4.69, 9.17) is 0 Å². The molecule has 1 aromatic heterocycles. The third-order valence-corrected chi connectivity index (χ3v) is 4.50. The number of hydrogen-bond donors (Lipinski definition) is 1. The molecule has 2 rings (SSSR count). The van der Waals surface area contributed by atoms with Crippen LogP contribution in [-0.4, -0.2) is 35.6 Å². The number of methoxy groups -OCH3 is 1. The van der Waals surface area contributed by atoms with E-state index in [0.29, 0.717) is 10.9 Å². The normalized spacial score (nSPS) is 20.4. The molecule has 0 radical (unpaired) electrons. The lowest BCUT2D eigenvalue weighted by Gasteiger charge is -2.21. The van der Waals surface area contributed by atoms with Crippen LogP contribution < -0.4 is 5.32 Å². The number of thioether (sulfide) groups is 1. The molecular formula is C10H14N2O2S2. The second kappa shape index (κ2) is 5.54. The maximum atomic E-state index is 11.2. The molecule has 6 heteroatoms. The summed E-state index contributed by atoms with van der Waals surface area (Å²) in [6.45, 7) is 0. The molecule has 0 spiro atoms. The van der Waals surface area contributed by atoms with Crippen molar-refractivity contribution in [3.8, 4) is 0 Å². The van der Waals surface area contributed by atoms with Gasteiger partial charge >= 0.3 is 5.97 Å². The Morgan fingerprint density at radius 3 is 3.25 bits per heavy atom. The number of rotatable bonds is 3. The van der Waals surface area contributed by atoms with Crippen molar-refractivity contribution in [2.45, 2.75) is 18.9 Å². The lowest BCUT2D eigenvalue weighted by atomic mass is 10.2. The Labute approximate surface area is 103 Å². The van der Waals surface area contributed by atoms with Gasteiger partial charge in [-0.15, -0.1) is 0 Å². The molecular weight excluding hydrogens is 244 g/mol. The van der Waals surface area contributed by atoms with Gasteiger partial charge in [-0.2, -0.15) is 11.8 Å². The van der Waals surface area contributed by atoms with Gasteiger partial charge < -0.3 is 10.1 Å². The molecule has 0 bridgehead atoms. The average molecular weight is 258 g/mol. The van der Waals surface area contributed by atoms with Crippen LogP contribution in [0.3, 0.4) is 0 Å².